The Balaban J connectivity index is 1.74. The second-order valence-electron chi connectivity index (χ2n) is 7.81. The van der Waals surface area contributed by atoms with E-state index >= 15 is 0 Å². The summed E-state index contributed by atoms with van der Waals surface area (Å²) in [5, 5.41) is 6.97. The SMILES string of the molecule is COc1ccc([C@H]2N(Cc3ccccc3)CC(=O)N2/N=C(/C)c2ccc(Cl)cc2)cc1OC. The number of carbonyl (C=O) groups is 1. The van der Waals surface area contributed by atoms with E-state index in [1.165, 1.54) is 0 Å². The van der Waals surface area contributed by atoms with Crippen molar-refractivity contribution >= 4 is 23.2 Å². The summed E-state index contributed by atoms with van der Waals surface area (Å²) < 4.78 is 10.9. The predicted octanol–water partition coefficient (Wildman–Crippen LogP) is 5.12. The molecule has 33 heavy (non-hydrogen) atoms. The highest BCUT2D eigenvalue weighted by atomic mass is 35.5. The summed E-state index contributed by atoms with van der Waals surface area (Å²) in [5.41, 5.74) is 3.64. The van der Waals surface area contributed by atoms with Crippen molar-refractivity contribution in [3.63, 3.8) is 0 Å². The molecule has 3 aromatic rings. The minimum atomic E-state index is -0.389. The van der Waals surface area contributed by atoms with Gasteiger partial charge in [0.15, 0.2) is 11.5 Å². The molecule has 1 aliphatic rings. The quantitative estimate of drug-likeness (QED) is 0.456. The average molecular weight is 464 g/mol. The second kappa shape index (κ2) is 10.1. The van der Waals surface area contributed by atoms with Gasteiger partial charge in [-0.05, 0) is 47.9 Å². The molecule has 0 bridgehead atoms. The lowest BCUT2D eigenvalue weighted by Gasteiger charge is -2.28. The van der Waals surface area contributed by atoms with Crippen LogP contribution < -0.4 is 9.47 Å². The summed E-state index contributed by atoms with van der Waals surface area (Å²) >= 11 is 6.03. The van der Waals surface area contributed by atoms with Crippen molar-refractivity contribution < 1.29 is 14.3 Å². The molecule has 0 N–H and O–H groups in total. The molecular formula is C26H26ClN3O3. The zero-order chi connectivity index (χ0) is 23.4. The molecule has 0 radical (unpaired) electrons. The van der Waals surface area contributed by atoms with Crippen LogP contribution in [0.25, 0.3) is 0 Å². The highest BCUT2D eigenvalue weighted by molar-refractivity contribution is 6.30. The maximum absolute atomic E-state index is 13.2. The van der Waals surface area contributed by atoms with E-state index in [1.54, 1.807) is 19.2 Å². The molecule has 1 fully saturated rings. The Bertz CT molecular complexity index is 1150. The van der Waals surface area contributed by atoms with Crippen LogP contribution in [0.4, 0.5) is 0 Å². The van der Waals surface area contributed by atoms with E-state index in [4.69, 9.17) is 26.2 Å². The number of hydrogen-bond donors (Lipinski definition) is 0. The van der Waals surface area contributed by atoms with Crippen LogP contribution in [0.2, 0.25) is 5.02 Å². The standard InChI is InChI=1S/C26H26ClN3O3/c1-18(20-9-12-22(27)13-10-20)28-30-25(31)17-29(16-19-7-5-4-6-8-19)26(30)21-11-14-23(32-2)24(15-21)33-3/h4-15,26H,16-17H2,1-3H3/b28-18-/t26-/m0/s1. The van der Waals surface area contributed by atoms with E-state index in [9.17, 15) is 4.79 Å². The number of methoxy groups -OCH3 is 2. The lowest BCUT2D eigenvalue weighted by atomic mass is 10.1. The smallest absolute Gasteiger partial charge is 0.258 e. The third kappa shape index (κ3) is 5.02. The number of carbonyl (C=O) groups excluding carboxylic acids is 1. The monoisotopic (exact) mass is 463 g/mol. The van der Waals surface area contributed by atoms with Gasteiger partial charge in [-0.25, -0.2) is 5.01 Å². The van der Waals surface area contributed by atoms with E-state index in [-0.39, 0.29) is 18.6 Å². The molecule has 3 aromatic carbocycles. The topological polar surface area (TPSA) is 54.4 Å². The minimum absolute atomic E-state index is 0.0703. The Morgan fingerprint density at radius 1 is 1.00 bits per heavy atom. The van der Waals surface area contributed by atoms with E-state index in [1.807, 2.05) is 67.6 Å². The molecule has 1 aliphatic heterocycles. The third-order valence-corrected chi connectivity index (χ3v) is 5.88. The van der Waals surface area contributed by atoms with Gasteiger partial charge in [0.05, 0.1) is 26.5 Å². The predicted molar refractivity (Wildman–Crippen MR) is 130 cm³/mol. The molecule has 1 saturated heterocycles. The Morgan fingerprint density at radius 2 is 1.70 bits per heavy atom. The first-order valence-corrected chi connectivity index (χ1v) is 11.0. The van der Waals surface area contributed by atoms with Gasteiger partial charge in [-0.15, -0.1) is 0 Å². The minimum Gasteiger partial charge on any atom is -0.493 e. The van der Waals surface area contributed by atoms with Crippen molar-refractivity contribution in [2.45, 2.75) is 19.6 Å². The van der Waals surface area contributed by atoms with Gasteiger partial charge in [0.25, 0.3) is 5.91 Å². The van der Waals surface area contributed by atoms with E-state index in [2.05, 4.69) is 17.0 Å². The second-order valence-corrected chi connectivity index (χ2v) is 8.25. The molecule has 0 saturated carbocycles. The molecule has 0 spiro atoms. The highest BCUT2D eigenvalue weighted by Crippen LogP contribution is 2.37. The van der Waals surface area contributed by atoms with Gasteiger partial charge in [0, 0.05) is 11.6 Å². The maximum atomic E-state index is 13.2. The molecule has 7 heteroatoms. The van der Waals surface area contributed by atoms with Gasteiger partial charge in [-0.1, -0.05) is 60.1 Å². The molecule has 1 heterocycles. The van der Waals surface area contributed by atoms with Gasteiger partial charge in [0.2, 0.25) is 0 Å². The number of amides is 1. The fourth-order valence-electron chi connectivity index (χ4n) is 3.97. The van der Waals surface area contributed by atoms with Crippen LogP contribution in [0.3, 0.4) is 0 Å². The van der Waals surface area contributed by atoms with Crippen molar-refractivity contribution in [2.75, 3.05) is 20.8 Å². The van der Waals surface area contributed by atoms with Gasteiger partial charge in [-0.3, -0.25) is 9.69 Å². The summed E-state index contributed by atoms with van der Waals surface area (Å²) in [5.74, 6) is 1.17. The molecule has 0 unspecified atom stereocenters. The first kappa shape index (κ1) is 22.8. The number of benzene rings is 3. The van der Waals surface area contributed by atoms with Crippen molar-refractivity contribution in [1.29, 1.82) is 0 Å². The number of hydrogen-bond acceptors (Lipinski definition) is 5. The molecule has 0 aromatic heterocycles. The Hall–Kier alpha value is -3.35. The molecule has 1 atom stereocenters. The fraction of sp³-hybridized carbons (Fsp3) is 0.231. The Kier molecular flexibility index (Phi) is 6.96. The molecule has 6 nitrogen and oxygen atoms in total. The summed E-state index contributed by atoms with van der Waals surface area (Å²) in [6, 6.07) is 23.2. The van der Waals surface area contributed by atoms with Crippen LogP contribution in [0.15, 0.2) is 77.9 Å². The van der Waals surface area contributed by atoms with Crippen molar-refractivity contribution in [3.05, 3.63) is 94.5 Å². The fourth-order valence-corrected chi connectivity index (χ4v) is 4.10. The van der Waals surface area contributed by atoms with E-state index in [0.717, 1.165) is 22.4 Å². The molecule has 170 valence electrons. The van der Waals surface area contributed by atoms with Gasteiger partial charge < -0.3 is 9.47 Å². The van der Waals surface area contributed by atoms with Crippen LogP contribution in [0, 0.1) is 0 Å². The molecular weight excluding hydrogens is 438 g/mol. The summed E-state index contributed by atoms with van der Waals surface area (Å²) in [6.07, 6.45) is -0.389. The Morgan fingerprint density at radius 3 is 2.36 bits per heavy atom. The van der Waals surface area contributed by atoms with Crippen LogP contribution in [0.5, 0.6) is 11.5 Å². The van der Waals surface area contributed by atoms with Crippen molar-refractivity contribution in [1.82, 2.24) is 9.91 Å². The molecule has 4 rings (SSSR count). The first-order valence-electron chi connectivity index (χ1n) is 10.6. The molecule has 1 amide bonds. The largest absolute Gasteiger partial charge is 0.493 e. The first-order chi connectivity index (χ1) is 16.0. The number of halogens is 1. The normalized spacial score (nSPS) is 16.8. The summed E-state index contributed by atoms with van der Waals surface area (Å²) in [6.45, 7) is 2.75. The highest BCUT2D eigenvalue weighted by Gasteiger charge is 2.39. The summed E-state index contributed by atoms with van der Waals surface area (Å²) in [4.78, 5) is 15.3. The zero-order valence-electron chi connectivity index (χ0n) is 18.9. The van der Waals surface area contributed by atoms with Gasteiger partial charge >= 0.3 is 0 Å². The number of ether oxygens (including phenoxy) is 2. The van der Waals surface area contributed by atoms with Crippen molar-refractivity contribution in [3.8, 4) is 11.5 Å². The van der Waals surface area contributed by atoms with Crippen LogP contribution in [-0.2, 0) is 11.3 Å². The number of hydrazone groups is 1. The van der Waals surface area contributed by atoms with Gasteiger partial charge in [-0.2, -0.15) is 5.10 Å². The van der Waals surface area contributed by atoms with Gasteiger partial charge in [0.1, 0.15) is 6.17 Å². The number of rotatable bonds is 7. The average Bonchev–Trinajstić information content (AvgIpc) is 3.13. The van der Waals surface area contributed by atoms with Crippen molar-refractivity contribution in [2.24, 2.45) is 5.10 Å². The third-order valence-electron chi connectivity index (χ3n) is 5.63. The number of nitrogens with zero attached hydrogens (tertiary/aromatic N) is 3. The van der Waals surface area contributed by atoms with Crippen LogP contribution >= 0.6 is 11.6 Å². The summed E-state index contributed by atoms with van der Waals surface area (Å²) in [7, 11) is 3.20. The van der Waals surface area contributed by atoms with Crippen LogP contribution in [0.1, 0.15) is 29.8 Å². The Labute approximate surface area is 199 Å². The van der Waals surface area contributed by atoms with Crippen LogP contribution in [-0.4, -0.2) is 42.3 Å². The lowest BCUT2D eigenvalue weighted by Crippen LogP contribution is -2.29. The van der Waals surface area contributed by atoms with E-state index in [0.29, 0.717) is 23.1 Å². The molecule has 0 aliphatic carbocycles. The zero-order valence-corrected chi connectivity index (χ0v) is 19.6. The van der Waals surface area contributed by atoms with E-state index < -0.39 is 0 Å². The maximum Gasteiger partial charge on any atom is 0.258 e. The lowest BCUT2D eigenvalue weighted by molar-refractivity contribution is -0.128.